The average Bonchev–Trinajstić information content (AvgIpc) is 0.770. The van der Waals surface area contributed by atoms with Gasteiger partial charge in [0.05, 0.1) is 64.6 Å². The van der Waals surface area contributed by atoms with E-state index in [1.54, 1.807) is 0 Å². The van der Waals surface area contributed by atoms with Crippen LogP contribution in [0.4, 0.5) is 0 Å². The van der Waals surface area contributed by atoms with Crippen LogP contribution in [-0.2, 0) is 109 Å². The third-order valence-corrected chi connectivity index (χ3v) is 22.3. The first-order chi connectivity index (χ1) is 56.6. The van der Waals surface area contributed by atoms with Gasteiger partial charge in [-0.15, -0.1) is 0 Å². The number of ether oxygens (including phenoxy) is 19. The fourth-order valence-corrected chi connectivity index (χ4v) is 15.7. The first kappa shape index (κ1) is 98.3. The lowest BCUT2D eigenvalue weighted by atomic mass is 9.93. The van der Waals surface area contributed by atoms with Gasteiger partial charge < -0.3 is 239 Å². The Hall–Kier alpha value is -3.88. The summed E-state index contributed by atoms with van der Waals surface area (Å²) >= 11 is 0. The minimum absolute atomic E-state index is 0.852. The first-order valence-electron chi connectivity index (χ1n) is 38.7. The predicted molar refractivity (Wildman–Crippen MR) is 372 cm³/mol. The molecule has 10 aliphatic heterocycles. The van der Waals surface area contributed by atoms with Crippen molar-refractivity contribution in [3.05, 3.63) is 0 Å². The molecule has 50 atom stereocenters. The third-order valence-electron chi connectivity index (χ3n) is 22.3. The predicted octanol–water partition coefficient (Wildman–Crippen LogP) is -19.1. The Bertz CT molecular complexity index is 3250. The molecule has 52 nitrogen and oxygen atoms in total. The van der Waals surface area contributed by atoms with Gasteiger partial charge in [-0.1, -0.05) is 0 Å². The van der Waals surface area contributed by atoms with Gasteiger partial charge in [0.2, 0.25) is 23.6 Å². The minimum atomic E-state index is -2.60. The molecule has 0 saturated carbocycles. The van der Waals surface area contributed by atoms with Crippen LogP contribution in [0.5, 0.6) is 0 Å². The second-order valence-corrected chi connectivity index (χ2v) is 31.0. The molecular weight excluding hydrogens is 1640 g/mol. The van der Waals surface area contributed by atoms with E-state index in [0.29, 0.717) is 0 Å². The van der Waals surface area contributed by atoms with E-state index in [0.717, 1.165) is 27.7 Å². The van der Waals surface area contributed by atoms with E-state index in [9.17, 15) is 147 Å². The van der Waals surface area contributed by atoms with Gasteiger partial charge in [-0.05, 0) is 20.8 Å². The molecule has 52 heteroatoms. The van der Waals surface area contributed by atoms with Crippen molar-refractivity contribution in [2.75, 3.05) is 46.2 Å². The Morgan fingerprint density at radius 2 is 0.533 bits per heavy atom. The molecule has 0 bridgehead atoms. The van der Waals surface area contributed by atoms with E-state index < -0.39 is 377 Å². The molecule has 0 spiro atoms. The fraction of sp³-hybridized carbons (Fsp3) is 0.941. The SMILES string of the molecule is CC(=O)N[C@@H]1[C@H](O[C@H]2[C@@H](O[C@@H]3O[C@@H](C)[C@@H](O)[C@H](O)[C@@H]3O)[C@H](NC(C)=O)C(O)O[C@@H]2CO[C@@H]2O[C@@H](C)[C@@H](O)[C@H](O)[C@H]2O)O[C@H](CO)[C@@H](O[C@H]2O[C@@H](CO[C@H]3O[C@H](CO)[C@@H](O)[C@@H](O)[C@H]3O)[C@@H](O)[C@@H](O[C@@H]3O[C@@H](CO)[C@H](O)C(O)[C@H]3O[C@H]3O[C@H](CO)[C@@H](O[C@H]4O[C@@H](CO)[C@H](O)[C@H](O)[C@H]4NC(C)=O)[C@@H](O[C@@H]4O[C@@H](C)[C@@H](O)[C@H](O)[C@H]4O)[C@H]3NC(C)=O)[C@@H]2O)[C@H]1O. The van der Waals surface area contributed by atoms with Crippen molar-refractivity contribution in [1.82, 2.24) is 21.3 Å². The van der Waals surface area contributed by atoms with Gasteiger partial charge in [0, 0.05) is 27.7 Å². The summed E-state index contributed by atoms with van der Waals surface area (Å²) < 4.78 is 115. The Morgan fingerprint density at radius 1 is 0.233 bits per heavy atom. The second kappa shape index (κ2) is 42.4. The van der Waals surface area contributed by atoms with E-state index >= 15 is 0 Å². The van der Waals surface area contributed by atoms with Crippen molar-refractivity contribution in [3.63, 3.8) is 0 Å². The molecule has 10 aliphatic rings. The molecule has 10 fully saturated rings. The van der Waals surface area contributed by atoms with E-state index in [2.05, 4.69) is 21.3 Å². The van der Waals surface area contributed by atoms with Crippen molar-refractivity contribution in [2.24, 2.45) is 0 Å². The maximum atomic E-state index is 13.6. The van der Waals surface area contributed by atoms with Gasteiger partial charge >= 0.3 is 0 Å². The fourth-order valence-electron chi connectivity index (χ4n) is 15.7. The summed E-state index contributed by atoms with van der Waals surface area (Å²) in [6.45, 7) is -0.104. The molecule has 0 aliphatic carbocycles. The van der Waals surface area contributed by atoms with E-state index in [4.69, 9.17) is 90.0 Å². The molecule has 0 aromatic heterocycles. The molecule has 10 saturated heterocycles. The van der Waals surface area contributed by atoms with Gasteiger partial charge in [0.15, 0.2) is 62.9 Å². The normalized spacial score (nSPS) is 50.3. The number of aliphatic hydroxyl groups is 25. The lowest BCUT2D eigenvalue weighted by Gasteiger charge is -2.52. The highest BCUT2D eigenvalue weighted by Crippen LogP contribution is 2.41. The largest absolute Gasteiger partial charge is 0.394 e. The van der Waals surface area contributed by atoms with Crippen LogP contribution in [0, 0.1) is 0 Å². The molecule has 10 rings (SSSR count). The standard InChI is InChI=1S/C68H114N4O48/c1-15-33(82)42(91)47(96)63(104-15)103-14-28-54(55(31(59(101)107-28)71-20(6)80)117-65-49(98)43(92)34(83)16(2)105-65)116-61-30(70-19(5)79)41(90)52(25(11-76)111-61)114-67-51(100)57(39(88)27(113-67)13-102-64-48(97)45(94)37(86)23(9-74)109-64)119-68-58(46(95)38(87)24(10-75)110-68)120-62-32(72-21(7)81)56(118-66-50(99)44(93)35(84)17(3)106-66)53(26(12-77)112-62)115-60-29(69-18(4)78)40(89)36(85)22(8-73)108-60/h15-17,22-68,73-77,82-101H,8-14H2,1-7H3,(H,69,78)(H,70,79)(H,71,80)(H,72,81)/t15-,16-,17-,22-,23+,24-,25+,26+,27-,28+,29+,30-,31-,32+,33+,34+,35+,36-,37+,38-,39+,40+,41-,42-,43-,44-,45+,46?,47+,48+,49-,50+,51-,52+,53+,54+,55-,56-,57+,58+,59?,60+,61-,62+,63+,64-,65-,66-,67+,68-/m0/s1. The van der Waals surface area contributed by atoms with Gasteiger partial charge in [0.25, 0.3) is 0 Å². The summed E-state index contributed by atoms with van der Waals surface area (Å²) in [6, 6.07) is -7.71. The Labute approximate surface area is 681 Å². The Balaban J connectivity index is 1.00. The van der Waals surface area contributed by atoms with Gasteiger partial charge in [-0.2, -0.15) is 0 Å². The highest BCUT2D eigenvalue weighted by atomic mass is 16.8. The summed E-state index contributed by atoms with van der Waals surface area (Å²) in [5.41, 5.74) is 0. The lowest BCUT2D eigenvalue weighted by Crippen LogP contribution is -2.72. The first-order valence-corrected chi connectivity index (χ1v) is 38.7. The number of aliphatic hydroxyl groups excluding tert-OH is 25. The van der Waals surface area contributed by atoms with Crippen LogP contribution in [0.15, 0.2) is 0 Å². The zero-order valence-corrected chi connectivity index (χ0v) is 65.4. The molecule has 2 unspecified atom stereocenters. The second-order valence-electron chi connectivity index (χ2n) is 31.0. The van der Waals surface area contributed by atoms with Crippen molar-refractivity contribution in [1.29, 1.82) is 0 Å². The van der Waals surface area contributed by atoms with Crippen LogP contribution in [0.25, 0.3) is 0 Å². The molecule has 10 heterocycles. The van der Waals surface area contributed by atoms with Crippen molar-refractivity contribution in [3.8, 4) is 0 Å². The van der Waals surface area contributed by atoms with Gasteiger partial charge in [-0.25, -0.2) is 0 Å². The van der Waals surface area contributed by atoms with E-state index in [1.165, 1.54) is 20.8 Å². The van der Waals surface area contributed by atoms with Crippen LogP contribution in [-0.4, -0.2) is 504 Å². The van der Waals surface area contributed by atoms with E-state index in [1.807, 2.05) is 0 Å². The van der Waals surface area contributed by atoms with Crippen LogP contribution in [0.2, 0.25) is 0 Å². The monoisotopic (exact) mass is 1750 g/mol. The van der Waals surface area contributed by atoms with Crippen LogP contribution < -0.4 is 21.3 Å². The van der Waals surface area contributed by atoms with Crippen LogP contribution in [0.1, 0.15) is 48.5 Å². The van der Waals surface area contributed by atoms with Gasteiger partial charge in [0.1, 0.15) is 226 Å². The Kier molecular flexibility index (Phi) is 34.7. The van der Waals surface area contributed by atoms with E-state index in [-0.39, 0.29) is 0 Å². The molecule has 0 radical (unpaired) electrons. The third kappa shape index (κ3) is 21.6. The summed E-state index contributed by atoms with van der Waals surface area (Å²) in [6.07, 6.45) is -93.6. The molecule has 120 heavy (non-hydrogen) atoms. The molecule has 0 aromatic rings. The summed E-state index contributed by atoms with van der Waals surface area (Å²) in [4.78, 5) is 52.6. The average molecular weight is 1760 g/mol. The zero-order chi connectivity index (χ0) is 88.4. The number of hydrogen-bond acceptors (Lipinski definition) is 48. The summed E-state index contributed by atoms with van der Waals surface area (Å²) in [7, 11) is 0. The van der Waals surface area contributed by atoms with Crippen molar-refractivity contribution >= 4 is 23.6 Å². The number of nitrogens with one attached hydrogen (secondary N) is 4. The van der Waals surface area contributed by atoms with Crippen molar-refractivity contribution in [2.45, 2.75) is 355 Å². The van der Waals surface area contributed by atoms with Crippen LogP contribution >= 0.6 is 0 Å². The molecule has 0 aromatic carbocycles. The topological polar surface area (TPSA) is 798 Å². The molecular formula is C68H114N4O48. The number of amides is 4. The maximum Gasteiger partial charge on any atom is 0.217 e. The number of hydrogen-bond donors (Lipinski definition) is 29. The minimum Gasteiger partial charge on any atom is -0.394 e. The maximum absolute atomic E-state index is 13.6. The number of carbonyl (C=O) groups is 4. The number of carbonyl (C=O) groups excluding carboxylic acids is 4. The highest BCUT2D eigenvalue weighted by molar-refractivity contribution is 5.74. The summed E-state index contributed by atoms with van der Waals surface area (Å²) in [5.74, 6) is -3.76. The Morgan fingerprint density at radius 3 is 1.01 bits per heavy atom. The van der Waals surface area contributed by atoms with Gasteiger partial charge in [-0.3, -0.25) is 19.2 Å². The lowest BCUT2D eigenvalue weighted by molar-refractivity contribution is -0.402. The molecule has 694 valence electrons. The quantitative estimate of drug-likeness (QED) is 0.0331. The number of rotatable bonds is 29. The van der Waals surface area contributed by atoms with Crippen molar-refractivity contribution < 1.29 is 237 Å². The smallest absolute Gasteiger partial charge is 0.217 e. The molecule has 29 N–H and O–H groups in total. The molecule has 4 amide bonds. The summed E-state index contributed by atoms with van der Waals surface area (Å²) in [5, 5.41) is 290. The van der Waals surface area contributed by atoms with Crippen LogP contribution in [0.3, 0.4) is 0 Å². The highest BCUT2D eigenvalue weighted by Gasteiger charge is 2.62. The zero-order valence-electron chi connectivity index (χ0n) is 65.4.